The number of aryl methyl sites for hydroxylation is 1. The molecule has 3 rings (SSSR count). The van der Waals surface area contributed by atoms with Crippen molar-refractivity contribution in [1.29, 1.82) is 0 Å². The average molecular weight is 454 g/mol. The van der Waals surface area contributed by atoms with E-state index in [4.69, 9.17) is 0 Å². The van der Waals surface area contributed by atoms with Crippen LogP contribution in [-0.2, 0) is 14.8 Å². The van der Waals surface area contributed by atoms with Gasteiger partial charge in [0.15, 0.2) is 0 Å². The van der Waals surface area contributed by atoms with E-state index in [1.54, 1.807) is 26.4 Å². The van der Waals surface area contributed by atoms with Crippen LogP contribution in [0.3, 0.4) is 0 Å². The molecule has 162 valence electrons. The monoisotopic (exact) mass is 453 g/mol. The number of hydrogen-bond acceptors (Lipinski definition) is 5. The number of carbonyl (C=O) groups excluding carboxylic acids is 2. The van der Waals surface area contributed by atoms with Gasteiger partial charge in [0.05, 0.1) is 5.56 Å². The fraction of sp³-hybridized carbons (Fsp3) is 0.400. The second-order valence-corrected chi connectivity index (χ2v) is 10.6. The van der Waals surface area contributed by atoms with Crippen molar-refractivity contribution in [1.82, 2.24) is 9.21 Å². The van der Waals surface area contributed by atoms with E-state index in [0.29, 0.717) is 29.7 Å². The van der Waals surface area contributed by atoms with Crippen LogP contribution in [0.5, 0.6) is 0 Å². The molecule has 1 N–H and O–H groups in total. The molecule has 0 unspecified atom stereocenters. The number of anilines is 1. The molecule has 2 aromatic rings. The van der Waals surface area contributed by atoms with Gasteiger partial charge in [-0.3, -0.25) is 9.59 Å². The van der Waals surface area contributed by atoms with Gasteiger partial charge in [-0.25, -0.2) is 12.8 Å². The molecule has 2 amide bonds. The molecular formula is C20H24FN3O4S2. The van der Waals surface area contributed by atoms with Crippen LogP contribution in [0, 0.1) is 18.7 Å². The van der Waals surface area contributed by atoms with Crippen molar-refractivity contribution in [2.24, 2.45) is 5.92 Å². The van der Waals surface area contributed by atoms with Crippen LogP contribution < -0.4 is 5.32 Å². The fourth-order valence-corrected chi connectivity index (χ4v) is 6.09. The zero-order valence-corrected chi connectivity index (χ0v) is 18.6. The summed E-state index contributed by atoms with van der Waals surface area (Å²) in [5.74, 6) is -1.14. The van der Waals surface area contributed by atoms with E-state index in [1.807, 2.05) is 0 Å². The topological polar surface area (TPSA) is 86.8 Å². The van der Waals surface area contributed by atoms with Gasteiger partial charge >= 0.3 is 0 Å². The fourth-order valence-electron chi connectivity index (χ4n) is 3.31. The molecule has 0 aliphatic carbocycles. The van der Waals surface area contributed by atoms with Crippen LogP contribution in [0.1, 0.15) is 28.8 Å². The van der Waals surface area contributed by atoms with Crippen molar-refractivity contribution in [2.45, 2.75) is 24.0 Å². The highest BCUT2D eigenvalue weighted by Gasteiger charge is 2.33. The average Bonchev–Trinajstić information content (AvgIpc) is 3.20. The highest BCUT2D eigenvalue weighted by Crippen LogP contribution is 2.29. The molecule has 2 heterocycles. The SMILES string of the molecule is Cc1cc(F)ccc1NC(=O)C1CCN(S(=O)(=O)c2cc(C(=O)N(C)C)cs2)CC1. The van der Waals surface area contributed by atoms with E-state index in [1.165, 1.54) is 33.5 Å². The summed E-state index contributed by atoms with van der Waals surface area (Å²) in [5, 5.41) is 4.35. The van der Waals surface area contributed by atoms with Gasteiger partial charge in [0.1, 0.15) is 10.0 Å². The molecule has 0 bridgehead atoms. The van der Waals surface area contributed by atoms with Crippen molar-refractivity contribution in [3.63, 3.8) is 0 Å². The third-order valence-corrected chi connectivity index (χ3v) is 8.41. The predicted octanol–water partition coefficient (Wildman–Crippen LogP) is 2.94. The number of thiophene rings is 1. The Morgan fingerprint density at radius 3 is 2.47 bits per heavy atom. The molecule has 1 aliphatic rings. The zero-order chi connectivity index (χ0) is 22.1. The Hall–Kier alpha value is -2.30. The first-order valence-corrected chi connectivity index (χ1v) is 11.8. The summed E-state index contributed by atoms with van der Waals surface area (Å²) < 4.78 is 40.5. The standard InChI is InChI=1S/C20H24FN3O4S2/c1-13-10-16(21)4-5-17(13)22-19(25)14-6-8-24(9-7-14)30(27,28)18-11-15(12-29-18)20(26)23(2)3/h4-5,10-12,14H,6-9H2,1-3H3,(H,22,25). The second-order valence-electron chi connectivity index (χ2n) is 7.48. The maximum absolute atomic E-state index is 13.2. The van der Waals surface area contributed by atoms with E-state index in [0.717, 1.165) is 11.3 Å². The molecule has 1 aromatic carbocycles. The minimum atomic E-state index is -3.71. The first-order chi connectivity index (χ1) is 14.1. The summed E-state index contributed by atoms with van der Waals surface area (Å²) in [7, 11) is -0.495. The third-order valence-electron chi connectivity index (χ3n) is 5.09. The first kappa shape index (κ1) is 22.4. The highest BCUT2D eigenvalue weighted by molar-refractivity contribution is 7.91. The third kappa shape index (κ3) is 4.71. The summed E-state index contributed by atoms with van der Waals surface area (Å²) in [6.07, 6.45) is 0.778. The summed E-state index contributed by atoms with van der Waals surface area (Å²) in [6, 6.07) is 5.55. The van der Waals surface area contributed by atoms with Gasteiger partial charge in [-0.1, -0.05) is 0 Å². The van der Waals surface area contributed by atoms with Crippen molar-refractivity contribution in [2.75, 3.05) is 32.5 Å². The van der Waals surface area contributed by atoms with Gasteiger partial charge in [-0.15, -0.1) is 11.3 Å². The maximum Gasteiger partial charge on any atom is 0.254 e. The number of halogens is 1. The lowest BCUT2D eigenvalue weighted by molar-refractivity contribution is -0.120. The molecule has 1 saturated heterocycles. The Bertz CT molecular complexity index is 1060. The molecule has 1 fully saturated rings. The lowest BCUT2D eigenvalue weighted by Crippen LogP contribution is -2.41. The molecule has 1 aromatic heterocycles. The van der Waals surface area contributed by atoms with Crippen molar-refractivity contribution in [3.8, 4) is 0 Å². The molecule has 0 saturated carbocycles. The van der Waals surface area contributed by atoms with E-state index in [9.17, 15) is 22.4 Å². The number of carbonyl (C=O) groups is 2. The van der Waals surface area contributed by atoms with E-state index in [2.05, 4.69) is 5.32 Å². The minimum Gasteiger partial charge on any atom is -0.345 e. The Morgan fingerprint density at radius 2 is 1.87 bits per heavy atom. The summed E-state index contributed by atoms with van der Waals surface area (Å²) in [5.41, 5.74) is 1.52. The smallest absolute Gasteiger partial charge is 0.254 e. The minimum absolute atomic E-state index is 0.123. The number of piperidine rings is 1. The predicted molar refractivity (Wildman–Crippen MR) is 114 cm³/mol. The Kier molecular flexibility index (Phi) is 6.59. The van der Waals surface area contributed by atoms with Crippen LogP contribution in [0.2, 0.25) is 0 Å². The lowest BCUT2D eigenvalue weighted by atomic mass is 9.97. The van der Waals surface area contributed by atoms with Crippen molar-refractivity contribution >= 4 is 38.9 Å². The van der Waals surface area contributed by atoms with Gasteiger partial charge in [0, 0.05) is 44.2 Å². The molecule has 0 atom stereocenters. The van der Waals surface area contributed by atoms with Crippen LogP contribution >= 0.6 is 11.3 Å². The number of nitrogens with one attached hydrogen (secondary N) is 1. The summed E-state index contributed by atoms with van der Waals surface area (Å²) >= 11 is 1.02. The Labute approximate surface area is 179 Å². The molecule has 30 heavy (non-hydrogen) atoms. The molecule has 7 nitrogen and oxygen atoms in total. The molecule has 1 aliphatic heterocycles. The molecule has 0 spiro atoms. The van der Waals surface area contributed by atoms with Crippen molar-refractivity contribution in [3.05, 3.63) is 46.6 Å². The number of benzene rings is 1. The highest BCUT2D eigenvalue weighted by atomic mass is 32.2. The van der Waals surface area contributed by atoms with Crippen LogP contribution in [0.25, 0.3) is 0 Å². The Morgan fingerprint density at radius 1 is 1.20 bits per heavy atom. The largest absolute Gasteiger partial charge is 0.345 e. The van der Waals surface area contributed by atoms with Gasteiger partial charge in [0.25, 0.3) is 15.9 Å². The van der Waals surface area contributed by atoms with Gasteiger partial charge < -0.3 is 10.2 Å². The van der Waals surface area contributed by atoms with Gasteiger partial charge in [-0.2, -0.15) is 4.31 Å². The number of amides is 2. The first-order valence-electron chi connectivity index (χ1n) is 9.47. The van der Waals surface area contributed by atoms with Crippen LogP contribution in [0.4, 0.5) is 10.1 Å². The van der Waals surface area contributed by atoms with E-state index < -0.39 is 10.0 Å². The molecule has 10 heteroatoms. The van der Waals surface area contributed by atoms with E-state index in [-0.39, 0.29) is 40.8 Å². The lowest BCUT2D eigenvalue weighted by Gasteiger charge is -2.30. The Balaban J connectivity index is 1.63. The quantitative estimate of drug-likeness (QED) is 0.754. The normalized spacial score (nSPS) is 15.7. The van der Waals surface area contributed by atoms with Crippen molar-refractivity contribution < 1.29 is 22.4 Å². The zero-order valence-electron chi connectivity index (χ0n) is 17.0. The van der Waals surface area contributed by atoms with Crippen LogP contribution in [-0.4, -0.2) is 56.6 Å². The number of sulfonamides is 1. The number of rotatable bonds is 5. The van der Waals surface area contributed by atoms with Gasteiger partial charge in [-0.05, 0) is 49.6 Å². The maximum atomic E-state index is 13.2. The molecular weight excluding hydrogens is 429 g/mol. The summed E-state index contributed by atoms with van der Waals surface area (Å²) in [4.78, 5) is 26.0. The van der Waals surface area contributed by atoms with Gasteiger partial charge in [0.2, 0.25) is 5.91 Å². The number of hydrogen-bond donors (Lipinski definition) is 1. The van der Waals surface area contributed by atoms with E-state index >= 15 is 0 Å². The van der Waals surface area contributed by atoms with Crippen LogP contribution in [0.15, 0.2) is 33.9 Å². The number of nitrogens with zero attached hydrogens (tertiary/aromatic N) is 2. The molecule has 0 radical (unpaired) electrons. The second kappa shape index (κ2) is 8.83. The summed E-state index contributed by atoms with van der Waals surface area (Å²) in [6.45, 7) is 2.15.